The Hall–Kier alpha value is -2.98. The van der Waals surface area contributed by atoms with Crippen LogP contribution < -0.4 is 0 Å². The number of carbonyl (C=O) groups excluding carboxylic acids is 1. The van der Waals surface area contributed by atoms with Crippen molar-refractivity contribution < 1.29 is 22.5 Å². The number of fused-ring (bicyclic) bond motifs is 1. The van der Waals surface area contributed by atoms with E-state index in [0.29, 0.717) is 25.1 Å². The first-order chi connectivity index (χ1) is 14.2. The minimum Gasteiger partial charge on any atom is -0.340 e. The molecule has 3 aromatic heterocycles. The first-order valence-electron chi connectivity index (χ1n) is 9.71. The molecule has 1 fully saturated rings. The van der Waals surface area contributed by atoms with Gasteiger partial charge in [-0.2, -0.15) is 18.3 Å². The molecular formula is C19H21F3N6O2. The summed E-state index contributed by atoms with van der Waals surface area (Å²) in [7, 11) is 0. The predicted octanol–water partition coefficient (Wildman–Crippen LogP) is 3.36. The number of carbonyl (C=O) groups is 1. The van der Waals surface area contributed by atoms with E-state index in [1.807, 2.05) is 0 Å². The third kappa shape index (κ3) is 3.88. The summed E-state index contributed by atoms with van der Waals surface area (Å²) in [6, 6.07) is 1.07. The molecular weight excluding hydrogens is 401 g/mol. The summed E-state index contributed by atoms with van der Waals surface area (Å²) in [4.78, 5) is 22.3. The quantitative estimate of drug-likeness (QED) is 0.641. The summed E-state index contributed by atoms with van der Waals surface area (Å²) in [5.41, 5.74) is -0.405. The molecule has 0 bridgehead atoms. The van der Waals surface area contributed by atoms with Crippen molar-refractivity contribution >= 4 is 17.0 Å². The molecule has 4 heterocycles. The molecule has 1 amide bonds. The van der Waals surface area contributed by atoms with Gasteiger partial charge in [0.05, 0.1) is 16.6 Å². The third-order valence-electron chi connectivity index (χ3n) is 5.31. The van der Waals surface area contributed by atoms with Crippen molar-refractivity contribution in [1.29, 1.82) is 0 Å². The number of nitrogens with zero attached hydrogens (tertiary/aromatic N) is 6. The van der Waals surface area contributed by atoms with Crippen LogP contribution >= 0.6 is 0 Å². The van der Waals surface area contributed by atoms with Gasteiger partial charge in [-0.25, -0.2) is 14.6 Å². The standard InChI is InChI=1S/C19H21F3N6O2/c1-11(2)14-6-13(19(20,21)22)16-17(26-30-18(16)25-14)12-4-3-5-27(7-12)15(29)8-28-10-23-9-24-28/h6,9-12H,3-5,7-8H2,1-2H3. The largest absolute Gasteiger partial charge is 0.417 e. The van der Waals surface area contributed by atoms with Gasteiger partial charge in [0.1, 0.15) is 19.2 Å². The second-order valence-corrected chi connectivity index (χ2v) is 7.77. The monoisotopic (exact) mass is 422 g/mol. The Balaban J connectivity index is 1.66. The van der Waals surface area contributed by atoms with Gasteiger partial charge in [0.2, 0.25) is 5.91 Å². The van der Waals surface area contributed by atoms with E-state index in [1.54, 1.807) is 18.7 Å². The zero-order chi connectivity index (χ0) is 21.5. The molecule has 1 aliphatic heterocycles. The van der Waals surface area contributed by atoms with E-state index in [-0.39, 0.29) is 47.6 Å². The van der Waals surface area contributed by atoms with Gasteiger partial charge < -0.3 is 9.42 Å². The lowest BCUT2D eigenvalue weighted by Gasteiger charge is -2.32. The predicted molar refractivity (Wildman–Crippen MR) is 99.5 cm³/mol. The average molecular weight is 422 g/mol. The normalized spacial score (nSPS) is 17.8. The van der Waals surface area contributed by atoms with Crippen LogP contribution in [0.25, 0.3) is 11.1 Å². The van der Waals surface area contributed by atoms with E-state index in [0.717, 1.165) is 6.07 Å². The van der Waals surface area contributed by atoms with Crippen molar-refractivity contribution in [2.75, 3.05) is 13.1 Å². The van der Waals surface area contributed by atoms with Crippen molar-refractivity contribution in [2.24, 2.45) is 0 Å². The van der Waals surface area contributed by atoms with E-state index in [9.17, 15) is 18.0 Å². The number of alkyl halides is 3. The molecule has 0 spiro atoms. The highest BCUT2D eigenvalue weighted by Crippen LogP contribution is 2.40. The summed E-state index contributed by atoms with van der Waals surface area (Å²) >= 11 is 0. The van der Waals surface area contributed by atoms with Gasteiger partial charge in [-0.05, 0) is 24.8 Å². The Labute approximate surface area is 170 Å². The number of rotatable bonds is 4. The third-order valence-corrected chi connectivity index (χ3v) is 5.31. The van der Waals surface area contributed by atoms with Crippen LogP contribution in [0.5, 0.6) is 0 Å². The second-order valence-electron chi connectivity index (χ2n) is 7.77. The van der Waals surface area contributed by atoms with Crippen LogP contribution in [-0.2, 0) is 17.5 Å². The number of aromatic nitrogens is 5. The van der Waals surface area contributed by atoms with Gasteiger partial charge in [-0.1, -0.05) is 19.0 Å². The Bertz CT molecular complexity index is 1040. The molecule has 160 valence electrons. The summed E-state index contributed by atoms with van der Waals surface area (Å²) in [6.07, 6.45) is -0.524. The van der Waals surface area contributed by atoms with Crippen molar-refractivity contribution in [3.63, 3.8) is 0 Å². The number of hydrogen-bond acceptors (Lipinski definition) is 6. The number of piperidine rings is 1. The minimum absolute atomic E-state index is 0.0272. The van der Waals surface area contributed by atoms with Crippen LogP contribution in [0, 0.1) is 0 Å². The molecule has 11 heteroatoms. The molecule has 0 radical (unpaired) electrons. The average Bonchev–Trinajstić information content (AvgIpc) is 3.36. The first-order valence-corrected chi connectivity index (χ1v) is 9.71. The molecule has 0 aromatic carbocycles. The minimum atomic E-state index is -4.57. The Morgan fingerprint density at radius 2 is 2.17 bits per heavy atom. The van der Waals surface area contributed by atoms with Crippen LogP contribution in [0.4, 0.5) is 13.2 Å². The zero-order valence-corrected chi connectivity index (χ0v) is 16.6. The summed E-state index contributed by atoms with van der Waals surface area (Å²) in [6.45, 7) is 4.36. The Morgan fingerprint density at radius 1 is 1.37 bits per heavy atom. The zero-order valence-electron chi connectivity index (χ0n) is 16.6. The van der Waals surface area contributed by atoms with Crippen LogP contribution in [0.1, 0.15) is 55.5 Å². The summed E-state index contributed by atoms with van der Waals surface area (Å²) in [5, 5.41) is 7.77. The van der Waals surface area contributed by atoms with Crippen LogP contribution in [0.3, 0.4) is 0 Å². The summed E-state index contributed by atoms with van der Waals surface area (Å²) < 4.78 is 48.1. The van der Waals surface area contributed by atoms with Crippen LogP contribution in [0.15, 0.2) is 23.2 Å². The number of likely N-dealkylation sites (tertiary alicyclic amines) is 1. The fourth-order valence-corrected chi connectivity index (χ4v) is 3.77. The molecule has 0 N–H and O–H groups in total. The smallest absolute Gasteiger partial charge is 0.340 e. The SMILES string of the molecule is CC(C)c1cc(C(F)(F)F)c2c(C3CCCN(C(=O)Cn4cncn4)C3)noc2n1. The van der Waals surface area contributed by atoms with Crippen molar-refractivity contribution in [1.82, 2.24) is 29.8 Å². The highest BCUT2D eigenvalue weighted by atomic mass is 19.4. The van der Waals surface area contributed by atoms with Gasteiger partial charge in [0, 0.05) is 24.7 Å². The number of amides is 1. The fraction of sp³-hybridized carbons (Fsp3) is 0.526. The molecule has 4 rings (SSSR count). The summed E-state index contributed by atoms with van der Waals surface area (Å²) in [5.74, 6) is -0.731. The van der Waals surface area contributed by atoms with E-state index in [1.165, 1.54) is 17.3 Å². The van der Waals surface area contributed by atoms with Gasteiger partial charge in [-0.15, -0.1) is 0 Å². The number of pyridine rings is 1. The highest BCUT2D eigenvalue weighted by molar-refractivity contribution is 5.82. The van der Waals surface area contributed by atoms with Gasteiger partial charge >= 0.3 is 6.18 Å². The molecule has 1 unspecified atom stereocenters. The van der Waals surface area contributed by atoms with Gasteiger partial charge in [-0.3, -0.25) is 4.79 Å². The van der Waals surface area contributed by atoms with Gasteiger partial charge in [0.15, 0.2) is 0 Å². The molecule has 30 heavy (non-hydrogen) atoms. The van der Waals surface area contributed by atoms with Crippen molar-refractivity contribution in [3.05, 3.63) is 35.7 Å². The van der Waals surface area contributed by atoms with Crippen molar-refractivity contribution in [2.45, 2.75) is 51.2 Å². The number of halogens is 3. The highest BCUT2D eigenvalue weighted by Gasteiger charge is 2.38. The lowest BCUT2D eigenvalue weighted by atomic mass is 9.91. The molecule has 1 saturated heterocycles. The van der Waals surface area contributed by atoms with Crippen LogP contribution in [0.2, 0.25) is 0 Å². The molecule has 1 aliphatic rings. The lowest BCUT2D eigenvalue weighted by molar-refractivity contribution is -0.136. The first kappa shape index (κ1) is 20.3. The molecule has 0 saturated carbocycles. The maximum absolute atomic E-state index is 13.8. The lowest BCUT2D eigenvalue weighted by Crippen LogP contribution is -2.41. The molecule has 8 nitrogen and oxygen atoms in total. The maximum Gasteiger partial charge on any atom is 0.417 e. The second kappa shape index (κ2) is 7.69. The van der Waals surface area contributed by atoms with E-state index >= 15 is 0 Å². The molecule has 1 atom stereocenters. The maximum atomic E-state index is 13.8. The Kier molecular flexibility index (Phi) is 5.20. The van der Waals surface area contributed by atoms with Crippen LogP contribution in [-0.4, -0.2) is 48.8 Å². The van der Waals surface area contributed by atoms with E-state index < -0.39 is 11.7 Å². The molecule has 0 aliphatic carbocycles. The van der Waals surface area contributed by atoms with Crippen molar-refractivity contribution in [3.8, 4) is 0 Å². The topological polar surface area (TPSA) is 89.9 Å². The molecule has 3 aromatic rings. The van der Waals surface area contributed by atoms with E-state index in [2.05, 4.69) is 20.2 Å². The van der Waals surface area contributed by atoms with E-state index in [4.69, 9.17) is 4.52 Å². The fourth-order valence-electron chi connectivity index (χ4n) is 3.77. The number of hydrogen-bond donors (Lipinski definition) is 0. The Morgan fingerprint density at radius 3 is 2.83 bits per heavy atom. The van der Waals surface area contributed by atoms with Gasteiger partial charge in [0.25, 0.3) is 5.71 Å².